The molecule has 0 aliphatic rings. The second-order valence-electron chi connectivity index (χ2n) is 6.08. The van der Waals surface area contributed by atoms with Crippen molar-refractivity contribution in [3.63, 3.8) is 0 Å². The fourth-order valence-corrected chi connectivity index (χ4v) is 2.74. The third-order valence-electron chi connectivity index (χ3n) is 3.10. The summed E-state index contributed by atoms with van der Waals surface area (Å²) in [5.74, 6) is -1.36. The summed E-state index contributed by atoms with van der Waals surface area (Å²) < 4.78 is 0. The number of carboxylic acid groups (broad SMARTS) is 1. The zero-order chi connectivity index (χ0) is 16.5. The van der Waals surface area contributed by atoms with E-state index in [0.29, 0.717) is 16.9 Å². The Morgan fingerprint density at radius 2 is 1.95 bits per heavy atom. The number of nitrogens with zero attached hydrogens (tertiary/aromatic N) is 1. The van der Waals surface area contributed by atoms with Crippen molar-refractivity contribution in [1.29, 1.82) is 0 Å². The number of hydrogen-bond acceptors (Lipinski definition) is 4. The van der Waals surface area contributed by atoms with E-state index in [1.807, 2.05) is 20.8 Å². The molecule has 2 aromatic rings. The molecule has 0 fully saturated rings. The van der Waals surface area contributed by atoms with Crippen molar-refractivity contribution in [3.05, 3.63) is 45.4 Å². The van der Waals surface area contributed by atoms with Crippen molar-refractivity contribution in [2.24, 2.45) is 0 Å². The first-order valence-electron chi connectivity index (χ1n) is 6.80. The highest BCUT2D eigenvalue weighted by Crippen LogP contribution is 2.26. The van der Waals surface area contributed by atoms with E-state index in [9.17, 15) is 9.59 Å². The summed E-state index contributed by atoms with van der Waals surface area (Å²) in [5.41, 5.74) is 1.50. The Kier molecular flexibility index (Phi) is 4.32. The Hall–Kier alpha value is -2.21. The van der Waals surface area contributed by atoms with Crippen LogP contribution in [0.3, 0.4) is 0 Å². The van der Waals surface area contributed by atoms with E-state index in [1.54, 1.807) is 24.4 Å². The highest BCUT2D eigenvalue weighted by Gasteiger charge is 2.20. The monoisotopic (exact) mass is 318 g/mol. The zero-order valence-corrected chi connectivity index (χ0v) is 13.7. The number of nitrogens with one attached hydrogen (secondary N) is 1. The van der Waals surface area contributed by atoms with Gasteiger partial charge in [0.25, 0.3) is 5.91 Å². The number of carboxylic acids is 1. The zero-order valence-electron chi connectivity index (χ0n) is 12.9. The summed E-state index contributed by atoms with van der Waals surface area (Å²) in [6.07, 6.45) is 0. The summed E-state index contributed by atoms with van der Waals surface area (Å²) in [6, 6.07) is 4.80. The number of anilines is 1. The Morgan fingerprint density at radius 3 is 2.50 bits per heavy atom. The van der Waals surface area contributed by atoms with Crippen LogP contribution in [0.1, 0.15) is 52.2 Å². The van der Waals surface area contributed by atoms with Gasteiger partial charge >= 0.3 is 5.97 Å². The van der Waals surface area contributed by atoms with Gasteiger partial charge in [0.2, 0.25) is 0 Å². The molecule has 2 N–H and O–H groups in total. The topological polar surface area (TPSA) is 79.3 Å². The van der Waals surface area contributed by atoms with Crippen molar-refractivity contribution in [2.75, 3.05) is 5.32 Å². The molecule has 2 rings (SSSR count). The number of rotatable bonds is 3. The minimum Gasteiger partial charge on any atom is -0.478 e. The number of aryl methyl sites for hydroxylation is 1. The minimum absolute atomic E-state index is 0.108. The van der Waals surface area contributed by atoms with Crippen LogP contribution in [0.25, 0.3) is 0 Å². The number of carbonyl (C=O) groups is 2. The predicted molar refractivity (Wildman–Crippen MR) is 86.9 cm³/mol. The number of benzene rings is 1. The number of amides is 1. The molecule has 1 aromatic carbocycles. The molecule has 1 aromatic heterocycles. The van der Waals surface area contributed by atoms with Gasteiger partial charge in [-0.25, -0.2) is 9.78 Å². The van der Waals surface area contributed by atoms with Gasteiger partial charge in [-0.3, -0.25) is 4.79 Å². The van der Waals surface area contributed by atoms with Gasteiger partial charge in [0.05, 0.1) is 10.6 Å². The first kappa shape index (κ1) is 16.2. The molecule has 0 spiro atoms. The average molecular weight is 318 g/mol. The summed E-state index contributed by atoms with van der Waals surface area (Å²) in [4.78, 5) is 27.7. The standard InChI is InChI=1S/C16H18N2O3S/c1-9-5-6-10(7-11(9)14(20)21)17-13(19)12-8-22-15(18-12)16(2,3)4/h5-8H,1-4H3,(H,17,19)(H,20,21). The predicted octanol–water partition coefficient (Wildman–Crippen LogP) is 3.70. The highest BCUT2D eigenvalue weighted by molar-refractivity contribution is 7.10. The molecule has 116 valence electrons. The molecule has 0 aliphatic carbocycles. The van der Waals surface area contributed by atoms with Crippen molar-refractivity contribution in [2.45, 2.75) is 33.1 Å². The van der Waals surface area contributed by atoms with Gasteiger partial charge in [0.1, 0.15) is 5.69 Å². The lowest BCUT2D eigenvalue weighted by Gasteiger charge is -2.13. The normalized spacial score (nSPS) is 11.3. The molecule has 22 heavy (non-hydrogen) atoms. The van der Waals surface area contributed by atoms with Crippen molar-refractivity contribution >= 4 is 28.9 Å². The van der Waals surface area contributed by atoms with Gasteiger partial charge < -0.3 is 10.4 Å². The number of aromatic carboxylic acids is 1. The quantitative estimate of drug-likeness (QED) is 0.904. The van der Waals surface area contributed by atoms with Crippen LogP contribution in [0.2, 0.25) is 0 Å². The van der Waals surface area contributed by atoms with Crippen LogP contribution >= 0.6 is 11.3 Å². The molecular formula is C16H18N2O3S. The Balaban J connectivity index is 2.20. The van der Waals surface area contributed by atoms with Crippen LogP contribution in [0.4, 0.5) is 5.69 Å². The third-order valence-corrected chi connectivity index (χ3v) is 4.37. The highest BCUT2D eigenvalue weighted by atomic mass is 32.1. The van der Waals surface area contributed by atoms with E-state index < -0.39 is 5.97 Å². The maximum Gasteiger partial charge on any atom is 0.336 e. The van der Waals surface area contributed by atoms with E-state index in [4.69, 9.17) is 5.11 Å². The summed E-state index contributed by atoms with van der Waals surface area (Å²) in [6.45, 7) is 7.82. The van der Waals surface area contributed by atoms with Crippen molar-refractivity contribution < 1.29 is 14.7 Å². The number of carbonyl (C=O) groups excluding carboxylic acids is 1. The van der Waals surface area contributed by atoms with E-state index in [0.717, 1.165) is 5.01 Å². The van der Waals surface area contributed by atoms with E-state index >= 15 is 0 Å². The SMILES string of the molecule is Cc1ccc(NC(=O)c2csc(C(C)(C)C)n2)cc1C(=O)O. The van der Waals surface area contributed by atoms with Gasteiger partial charge in [0.15, 0.2) is 0 Å². The number of aromatic nitrogens is 1. The van der Waals surface area contributed by atoms with Crippen LogP contribution in [0, 0.1) is 6.92 Å². The van der Waals surface area contributed by atoms with Gasteiger partial charge in [-0.2, -0.15) is 0 Å². The van der Waals surface area contributed by atoms with Crippen molar-refractivity contribution in [3.8, 4) is 0 Å². The van der Waals surface area contributed by atoms with Crippen LogP contribution in [0.5, 0.6) is 0 Å². The van der Waals surface area contributed by atoms with E-state index in [1.165, 1.54) is 17.4 Å². The van der Waals surface area contributed by atoms with E-state index in [2.05, 4.69) is 10.3 Å². The molecule has 0 unspecified atom stereocenters. The second kappa shape index (κ2) is 5.88. The largest absolute Gasteiger partial charge is 0.478 e. The first-order chi connectivity index (χ1) is 10.2. The van der Waals surface area contributed by atoms with Crippen molar-refractivity contribution in [1.82, 2.24) is 4.98 Å². The third kappa shape index (κ3) is 3.51. The summed E-state index contributed by atoms with van der Waals surface area (Å²) in [7, 11) is 0. The molecule has 1 amide bonds. The van der Waals surface area contributed by atoms with Gasteiger partial charge in [-0.1, -0.05) is 26.8 Å². The molecule has 1 heterocycles. The van der Waals surface area contributed by atoms with Crippen LogP contribution in [-0.2, 0) is 5.41 Å². The maximum absolute atomic E-state index is 12.2. The van der Waals surface area contributed by atoms with Crippen LogP contribution in [0.15, 0.2) is 23.6 Å². The lowest BCUT2D eigenvalue weighted by molar-refractivity contribution is 0.0695. The molecular weight excluding hydrogens is 300 g/mol. The first-order valence-corrected chi connectivity index (χ1v) is 7.68. The maximum atomic E-state index is 12.2. The number of thiazole rings is 1. The lowest BCUT2D eigenvalue weighted by Crippen LogP contribution is -2.15. The van der Waals surface area contributed by atoms with Crippen LogP contribution < -0.4 is 5.32 Å². The fraction of sp³-hybridized carbons (Fsp3) is 0.312. The molecule has 0 radical (unpaired) electrons. The molecule has 5 nitrogen and oxygen atoms in total. The smallest absolute Gasteiger partial charge is 0.336 e. The second-order valence-corrected chi connectivity index (χ2v) is 6.93. The average Bonchev–Trinajstić information content (AvgIpc) is 2.90. The van der Waals surface area contributed by atoms with Gasteiger partial charge in [0, 0.05) is 16.5 Å². The molecule has 6 heteroatoms. The number of hydrogen-bond donors (Lipinski definition) is 2. The van der Waals surface area contributed by atoms with E-state index in [-0.39, 0.29) is 16.9 Å². The summed E-state index contributed by atoms with van der Waals surface area (Å²) in [5, 5.41) is 14.4. The minimum atomic E-state index is -1.02. The Labute approximate surface area is 133 Å². The Morgan fingerprint density at radius 1 is 1.27 bits per heavy atom. The fourth-order valence-electron chi connectivity index (χ4n) is 1.85. The van der Waals surface area contributed by atoms with Gasteiger partial charge in [-0.05, 0) is 24.6 Å². The lowest BCUT2D eigenvalue weighted by atomic mass is 9.98. The molecule has 0 aliphatic heterocycles. The van der Waals surface area contributed by atoms with Crippen LogP contribution in [-0.4, -0.2) is 22.0 Å². The molecule has 0 atom stereocenters. The molecule has 0 saturated heterocycles. The molecule has 0 bridgehead atoms. The molecule has 0 saturated carbocycles. The Bertz CT molecular complexity index is 729. The van der Waals surface area contributed by atoms with Gasteiger partial charge in [-0.15, -0.1) is 11.3 Å². The summed E-state index contributed by atoms with van der Waals surface area (Å²) >= 11 is 1.44.